The lowest BCUT2D eigenvalue weighted by molar-refractivity contribution is -0.149. The number of hydrogen-bond donors (Lipinski definition) is 2. The molecule has 2 rings (SSSR count). The molecule has 1 aromatic carbocycles. The van der Waals surface area contributed by atoms with Crippen LogP contribution in [0.5, 0.6) is 0 Å². The number of halogens is 2. The Morgan fingerprint density at radius 1 is 1.36 bits per heavy atom. The van der Waals surface area contributed by atoms with Gasteiger partial charge in [0.25, 0.3) is 0 Å². The zero-order chi connectivity index (χ0) is 16.3. The third kappa shape index (κ3) is 2.82. The minimum absolute atomic E-state index is 0.175. The fourth-order valence-corrected chi connectivity index (χ4v) is 3.07. The molecule has 0 aliphatic carbocycles. The van der Waals surface area contributed by atoms with Crippen LogP contribution in [0.25, 0.3) is 0 Å². The normalized spacial score (nSPS) is 15.1. The molecule has 2 atom stereocenters. The van der Waals surface area contributed by atoms with Crippen molar-refractivity contribution in [3.05, 3.63) is 63.9 Å². The summed E-state index contributed by atoms with van der Waals surface area (Å²) in [6, 6.07) is 7.86. The van der Waals surface area contributed by atoms with Gasteiger partial charge in [-0.05, 0) is 30.2 Å². The molecule has 0 radical (unpaired) electrons. The van der Waals surface area contributed by atoms with E-state index in [2.05, 4.69) is 4.98 Å². The SMILES string of the molecule is CCC(C(=O)O)(c1cccnc1)C(O)c1ccc(Cl)cc1Cl. The molecule has 0 aliphatic heterocycles. The summed E-state index contributed by atoms with van der Waals surface area (Å²) in [4.78, 5) is 16.0. The number of aliphatic hydroxyl groups excluding tert-OH is 1. The van der Waals surface area contributed by atoms with Crippen LogP contribution >= 0.6 is 23.2 Å². The highest BCUT2D eigenvalue weighted by Crippen LogP contribution is 2.43. The van der Waals surface area contributed by atoms with Gasteiger partial charge in [-0.25, -0.2) is 0 Å². The van der Waals surface area contributed by atoms with E-state index in [1.807, 2.05) is 0 Å². The van der Waals surface area contributed by atoms with Gasteiger partial charge in [-0.3, -0.25) is 9.78 Å². The number of carbonyl (C=O) groups is 1. The molecule has 0 fully saturated rings. The second-order valence-corrected chi connectivity index (χ2v) is 5.78. The first-order valence-electron chi connectivity index (χ1n) is 6.70. The van der Waals surface area contributed by atoms with Crippen LogP contribution in [-0.4, -0.2) is 21.2 Å². The van der Waals surface area contributed by atoms with Crippen molar-refractivity contribution in [1.82, 2.24) is 4.98 Å². The van der Waals surface area contributed by atoms with Gasteiger partial charge in [-0.1, -0.05) is 42.3 Å². The van der Waals surface area contributed by atoms with E-state index in [0.717, 1.165) is 0 Å². The summed E-state index contributed by atoms with van der Waals surface area (Å²) in [5, 5.41) is 21.2. The third-order valence-electron chi connectivity index (χ3n) is 3.84. The summed E-state index contributed by atoms with van der Waals surface area (Å²) in [7, 11) is 0. The number of benzene rings is 1. The second kappa shape index (κ2) is 6.65. The average molecular weight is 340 g/mol. The van der Waals surface area contributed by atoms with Gasteiger partial charge in [0, 0.05) is 28.0 Å². The number of aliphatic hydroxyl groups is 1. The van der Waals surface area contributed by atoms with E-state index in [9.17, 15) is 15.0 Å². The Hall–Kier alpha value is -1.62. The quantitative estimate of drug-likeness (QED) is 0.867. The molecule has 22 heavy (non-hydrogen) atoms. The van der Waals surface area contributed by atoms with Gasteiger partial charge < -0.3 is 10.2 Å². The number of hydrogen-bond acceptors (Lipinski definition) is 3. The highest BCUT2D eigenvalue weighted by atomic mass is 35.5. The van der Waals surface area contributed by atoms with E-state index in [0.29, 0.717) is 16.1 Å². The molecule has 0 amide bonds. The lowest BCUT2D eigenvalue weighted by atomic mass is 9.72. The summed E-state index contributed by atoms with van der Waals surface area (Å²) in [5.74, 6) is -1.14. The second-order valence-electron chi connectivity index (χ2n) is 4.94. The summed E-state index contributed by atoms with van der Waals surface area (Å²) in [6.07, 6.45) is 1.84. The van der Waals surface area contributed by atoms with Crippen LogP contribution in [0.3, 0.4) is 0 Å². The van der Waals surface area contributed by atoms with Crippen LogP contribution in [0, 0.1) is 0 Å². The molecule has 2 aromatic rings. The molecule has 0 saturated heterocycles. The maximum Gasteiger partial charge on any atom is 0.317 e. The first kappa shape index (κ1) is 16.7. The minimum Gasteiger partial charge on any atom is -0.480 e. The molecule has 1 heterocycles. The van der Waals surface area contributed by atoms with Crippen LogP contribution in [0.2, 0.25) is 10.0 Å². The fraction of sp³-hybridized carbons (Fsp3) is 0.250. The lowest BCUT2D eigenvalue weighted by Crippen LogP contribution is -2.41. The molecule has 0 bridgehead atoms. The average Bonchev–Trinajstić information content (AvgIpc) is 2.49. The maximum atomic E-state index is 12.0. The van der Waals surface area contributed by atoms with Crippen molar-refractivity contribution in [2.45, 2.75) is 24.9 Å². The topological polar surface area (TPSA) is 70.4 Å². The van der Waals surface area contributed by atoms with Crippen LogP contribution in [0.1, 0.15) is 30.6 Å². The number of aromatic nitrogens is 1. The summed E-state index contributed by atoms with van der Waals surface area (Å²) in [6.45, 7) is 1.70. The van der Waals surface area contributed by atoms with E-state index in [1.54, 1.807) is 37.4 Å². The van der Waals surface area contributed by atoms with Gasteiger partial charge >= 0.3 is 5.97 Å². The number of nitrogens with zero attached hydrogens (tertiary/aromatic N) is 1. The van der Waals surface area contributed by atoms with Crippen LogP contribution in [0.4, 0.5) is 0 Å². The highest BCUT2D eigenvalue weighted by molar-refractivity contribution is 6.35. The number of aliphatic carboxylic acids is 1. The van der Waals surface area contributed by atoms with Crippen molar-refractivity contribution in [2.24, 2.45) is 0 Å². The monoisotopic (exact) mass is 339 g/mol. The van der Waals surface area contributed by atoms with Crippen LogP contribution < -0.4 is 0 Å². The Balaban J connectivity index is 2.61. The lowest BCUT2D eigenvalue weighted by Gasteiger charge is -2.34. The van der Waals surface area contributed by atoms with Gasteiger partial charge in [0.05, 0.1) is 0 Å². The number of carboxylic acid groups (broad SMARTS) is 1. The molecule has 2 unspecified atom stereocenters. The van der Waals surface area contributed by atoms with Gasteiger partial charge in [0.1, 0.15) is 11.5 Å². The Morgan fingerprint density at radius 3 is 2.59 bits per heavy atom. The first-order valence-corrected chi connectivity index (χ1v) is 7.46. The highest BCUT2D eigenvalue weighted by Gasteiger charge is 2.47. The number of rotatable bonds is 5. The number of pyridine rings is 1. The number of carboxylic acids is 1. The van der Waals surface area contributed by atoms with Crippen molar-refractivity contribution in [3.63, 3.8) is 0 Å². The van der Waals surface area contributed by atoms with Gasteiger partial charge in [-0.2, -0.15) is 0 Å². The Labute approximate surface area is 138 Å². The smallest absolute Gasteiger partial charge is 0.317 e. The molecule has 2 N–H and O–H groups in total. The van der Waals surface area contributed by atoms with Gasteiger partial charge in [0.2, 0.25) is 0 Å². The van der Waals surface area contributed by atoms with E-state index >= 15 is 0 Å². The standard InChI is InChI=1S/C16H15Cl2NO3/c1-2-16(15(21)22,10-4-3-7-19-9-10)14(20)12-6-5-11(17)8-13(12)18/h3-9,14,20H,2H2,1H3,(H,21,22). The molecule has 4 nitrogen and oxygen atoms in total. The zero-order valence-corrected chi connectivity index (χ0v) is 13.3. The van der Waals surface area contributed by atoms with E-state index in [4.69, 9.17) is 23.2 Å². The van der Waals surface area contributed by atoms with Gasteiger partial charge in [0.15, 0.2) is 0 Å². The van der Waals surface area contributed by atoms with Crippen molar-refractivity contribution in [2.75, 3.05) is 0 Å². The largest absolute Gasteiger partial charge is 0.480 e. The van der Waals surface area contributed by atoms with E-state index < -0.39 is 17.5 Å². The van der Waals surface area contributed by atoms with Crippen molar-refractivity contribution < 1.29 is 15.0 Å². The molecule has 1 aromatic heterocycles. The molecular formula is C16H15Cl2NO3. The summed E-state index contributed by atoms with van der Waals surface area (Å²) >= 11 is 12.0. The summed E-state index contributed by atoms with van der Waals surface area (Å²) < 4.78 is 0. The molecular weight excluding hydrogens is 325 g/mol. The maximum absolute atomic E-state index is 12.0. The minimum atomic E-state index is -1.54. The molecule has 0 aliphatic rings. The zero-order valence-electron chi connectivity index (χ0n) is 11.8. The first-order chi connectivity index (χ1) is 10.4. The third-order valence-corrected chi connectivity index (χ3v) is 4.40. The Kier molecular flexibility index (Phi) is 5.06. The predicted octanol–water partition coefficient (Wildman–Crippen LogP) is 3.85. The van der Waals surface area contributed by atoms with Crippen molar-refractivity contribution in [1.29, 1.82) is 0 Å². The van der Waals surface area contributed by atoms with Crippen molar-refractivity contribution in [3.8, 4) is 0 Å². The van der Waals surface area contributed by atoms with E-state index in [-0.39, 0.29) is 11.4 Å². The van der Waals surface area contributed by atoms with Crippen molar-refractivity contribution >= 4 is 29.2 Å². The van der Waals surface area contributed by atoms with Gasteiger partial charge in [-0.15, -0.1) is 0 Å². The Morgan fingerprint density at radius 2 is 2.09 bits per heavy atom. The Bertz CT molecular complexity index is 678. The molecule has 0 saturated carbocycles. The van der Waals surface area contributed by atoms with Crippen LogP contribution in [0.15, 0.2) is 42.7 Å². The molecule has 116 valence electrons. The van der Waals surface area contributed by atoms with E-state index in [1.165, 1.54) is 12.3 Å². The molecule has 6 heteroatoms. The molecule has 0 spiro atoms. The fourth-order valence-electron chi connectivity index (χ4n) is 2.56. The summed E-state index contributed by atoms with van der Waals surface area (Å²) in [5.41, 5.74) is -0.797. The predicted molar refractivity (Wildman–Crippen MR) is 85.3 cm³/mol. The van der Waals surface area contributed by atoms with Crippen LogP contribution in [-0.2, 0) is 10.2 Å².